The predicted octanol–water partition coefficient (Wildman–Crippen LogP) is 4.26. The molecule has 1 aliphatic rings. The van der Waals surface area contributed by atoms with Gasteiger partial charge in [-0.15, -0.1) is 0 Å². The molecular weight excluding hydrogens is 370 g/mol. The molecule has 0 bridgehead atoms. The number of methoxy groups -OCH3 is 1. The summed E-state index contributed by atoms with van der Waals surface area (Å²) in [5, 5.41) is 5.97. The van der Waals surface area contributed by atoms with Crippen LogP contribution in [-0.2, 0) is 4.74 Å². The number of carbonyl (C=O) groups is 2. The third-order valence-corrected chi connectivity index (χ3v) is 4.70. The molecule has 144 valence electrons. The number of nitrogens with one attached hydrogen (secondary N) is 2. The van der Waals surface area contributed by atoms with Gasteiger partial charge >= 0.3 is 12.1 Å². The third kappa shape index (κ3) is 3.58. The number of fused-ring (bicyclic) bond motifs is 1. The zero-order valence-electron chi connectivity index (χ0n) is 15.6. The predicted molar refractivity (Wildman–Crippen MR) is 108 cm³/mol. The van der Waals surface area contributed by atoms with E-state index in [0.717, 1.165) is 10.3 Å². The van der Waals surface area contributed by atoms with Crippen LogP contribution in [0.15, 0.2) is 72.8 Å². The number of amides is 1. The van der Waals surface area contributed by atoms with E-state index in [1.807, 2.05) is 30.3 Å². The van der Waals surface area contributed by atoms with Crippen LogP contribution in [-0.4, -0.2) is 23.7 Å². The summed E-state index contributed by atoms with van der Waals surface area (Å²) in [4.78, 5) is 36.7. The zero-order chi connectivity index (χ0) is 20.4. The van der Waals surface area contributed by atoms with Gasteiger partial charge in [-0.2, -0.15) is 0 Å². The molecule has 1 heterocycles. The summed E-state index contributed by atoms with van der Waals surface area (Å²) in [6.07, 6.45) is -0.511. The summed E-state index contributed by atoms with van der Waals surface area (Å²) in [6.45, 7) is 0. The van der Waals surface area contributed by atoms with Crippen LogP contribution in [0.2, 0.25) is 0 Å². The second-order valence-electron chi connectivity index (χ2n) is 6.54. The number of rotatable bonds is 4. The van der Waals surface area contributed by atoms with E-state index in [2.05, 4.69) is 15.4 Å². The van der Waals surface area contributed by atoms with Gasteiger partial charge in [0.15, 0.2) is 0 Å². The molecule has 1 aliphatic heterocycles. The summed E-state index contributed by atoms with van der Waals surface area (Å²) in [7, 11) is 1.30. The fourth-order valence-corrected chi connectivity index (χ4v) is 3.19. The minimum Gasteiger partial charge on any atom is -0.465 e. The molecule has 3 aromatic rings. The Morgan fingerprint density at radius 2 is 1.66 bits per heavy atom. The van der Waals surface area contributed by atoms with E-state index in [1.54, 1.807) is 30.3 Å². The highest BCUT2D eigenvalue weighted by molar-refractivity contribution is 6.05. The number of ether oxygens (including phenoxy) is 1. The van der Waals surface area contributed by atoms with E-state index in [9.17, 15) is 14.5 Å². The van der Waals surface area contributed by atoms with Crippen molar-refractivity contribution in [3.05, 3.63) is 94.4 Å². The van der Waals surface area contributed by atoms with Crippen LogP contribution in [0.5, 0.6) is 0 Å². The number of esters is 1. The van der Waals surface area contributed by atoms with Gasteiger partial charge in [0.05, 0.1) is 17.4 Å². The molecule has 2 N–H and O–H groups in total. The highest BCUT2D eigenvalue weighted by Crippen LogP contribution is 2.40. The Morgan fingerprint density at radius 3 is 2.34 bits per heavy atom. The van der Waals surface area contributed by atoms with Gasteiger partial charge in [0.2, 0.25) is 0 Å². The standard InChI is InChI=1S/C22H17N3O4/c1-29-22(27)16-9-7-15(8-10-16)21(26)23-17-11-12-18-19(13-17)25(28)20(24-18)14-5-3-2-4-6-14/h2-13,20H,1H3,(H-,23,24,26,27,28)/p+1. The van der Waals surface area contributed by atoms with Gasteiger partial charge in [0.25, 0.3) is 11.6 Å². The van der Waals surface area contributed by atoms with E-state index >= 15 is 0 Å². The van der Waals surface area contributed by atoms with Gasteiger partial charge in [-0.3, -0.25) is 4.79 Å². The Bertz CT molecular complexity index is 1090. The van der Waals surface area contributed by atoms with Crippen molar-refractivity contribution < 1.29 is 19.1 Å². The smallest absolute Gasteiger partial charge is 0.337 e. The molecule has 0 aliphatic carbocycles. The van der Waals surface area contributed by atoms with E-state index in [4.69, 9.17) is 0 Å². The summed E-state index contributed by atoms with van der Waals surface area (Å²) >= 11 is 0. The Hall–Kier alpha value is -4.00. The van der Waals surface area contributed by atoms with Crippen LogP contribution >= 0.6 is 0 Å². The van der Waals surface area contributed by atoms with Crippen LogP contribution in [0.1, 0.15) is 32.4 Å². The van der Waals surface area contributed by atoms with Crippen molar-refractivity contribution in [1.82, 2.24) is 0 Å². The maximum absolute atomic E-state index is 12.7. The number of carbonyl (C=O) groups excluding carboxylic acids is 2. The van der Waals surface area contributed by atoms with Crippen molar-refractivity contribution in [3.8, 4) is 0 Å². The lowest BCUT2D eigenvalue weighted by atomic mass is 10.1. The highest BCUT2D eigenvalue weighted by atomic mass is 16.5. The van der Waals surface area contributed by atoms with Gasteiger partial charge in [0, 0.05) is 27.8 Å². The van der Waals surface area contributed by atoms with Crippen molar-refractivity contribution in [2.45, 2.75) is 6.17 Å². The third-order valence-electron chi connectivity index (χ3n) is 4.70. The second-order valence-corrected chi connectivity index (χ2v) is 6.54. The number of anilines is 2. The summed E-state index contributed by atoms with van der Waals surface area (Å²) < 4.78 is 5.54. The SMILES string of the molecule is COC(=O)c1ccc(C(=O)Nc2ccc3c(c2)[N+](=O)C(c2ccccc2)N3)cc1. The van der Waals surface area contributed by atoms with Crippen molar-refractivity contribution in [3.63, 3.8) is 0 Å². The second kappa shape index (κ2) is 7.55. The molecular formula is C22H18N3O4+. The van der Waals surface area contributed by atoms with Gasteiger partial charge in [-0.05, 0) is 36.4 Å². The quantitative estimate of drug-likeness (QED) is 0.515. The highest BCUT2D eigenvalue weighted by Gasteiger charge is 2.39. The van der Waals surface area contributed by atoms with Gasteiger partial charge in [0.1, 0.15) is 5.69 Å². The molecule has 0 fully saturated rings. The molecule has 1 amide bonds. The first kappa shape index (κ1) is 18.4. The van der Waals surface area contributed by atoms with Crippen LogP contribution in [0.4, 0.5) is 17.1 Å². The van der Waals surface area contributed by atoms with E-state index in [0.29, 0.717) is 28.2 Å². The lowest BCUT2D eigenvalue weighted by Gasteiger charge is -2.06. The van der Waals surface area contributed by atoms with Gasteiger partial charge in [-0.1, -0.05) is 30.3 Å². The lowest BCUT2D eigenvalue weighted by molar-refractivity contribution is -0.495. The monoisotopic (exact) mass is 388 g/mol. The largest absolute Gasteiger partial charge is 0.465 e. The Balaban J connectivity index is 1.51. The normalized spacial score (nSPS) is 14.7. The Morgan fingerprint density at radius 1 is 0.966 bits per heavy atom. The van der Waals surface area contributed by atoms with Crippen molar-refractivity contribution >= 4 is 28.9 Å². The molecule has 0 radical (unpaired) electrons. The fourth-order valence-electron chi connectivity index (χ4n) is 3.19. The van der Waals surface area contributed by atoms with Gasteiger partial charge in [-0.25, -0.2) is 4.79 Å². The van der Waals surface area contributed by atoms with E-state index < -0.39 is 12.1 Å². The van der Waals surface area contributed by atoms with Crippen LogP contribution in [0.25, 0.3) is 0 Å². The first-order valence-electron chi connectivity index (χ1n) is 8.98. The molecule has 0 saturated heterocycles. The van der Waals surface area contributed by atoms with Crippen molar-refractivity contribution in [2.75, 3.05) is 17.7 Å². The van der Waals surface area contributed by atoms with Crippen LogP contribution in [0, 0.1) is 4.91 Å². The maximum Gasteiger partial charge on any atom is 0.337 e. The molecule has 1 unspecified atom stereocenters. The van der Waals surface area contributed by atoms with E-state index in [-0.39, 0.29) is 5.91 Å². The number of nitroso groups, excluding NO2 is 1. The first-order valence-corrected chi connectivity index (χ1v) is 8.98. The molecule has 0 saturated carbocycles. The molecule has 29 heavy (non-hydrogen) atoms. The number of hydrogen-bond acceptors (Lipinski definition) is 5. The van der Waals surface area contributed by atoms with Crippen molar-refractivity contribution in [2.24, 2.45) is 0 Å². The number of hydrogen-bond donors (Lipinski definition) is 2. The fraction of sp³-hybridized carbons (Fsp3) is 0.0909. The summed E-state index contributed by atoms with van der Waals surface area (Å²) in [5.74, 6) is -0.809. The molecule has 4 rings (SSSR count). The van der Waals surface area contributed by atoms with Crippen LogP contribution in [0.3, 0.4) is 0 Å². The van der Waals surface area contributed by atoms with Crippen molar-refractivity contribution in [1.29, 1.82) is 0 Å². The maximum atomic E-state index is 12.7. The molecule has 0 aromatic heterocycles. The molecule has 7 nitrogen and oxygen atoms in total. The minimum atomic E-state index is -0.511. The summed E-state index contributed by atoms with van der Waals surface area (Å²) in [6, 6.07) is 20.7. The average molecular weight is 388 g/mol. The summed E-state index contributed by atoms with van der Waals surface area (Å²) in [5.41, 5.74) is 3.27. The molecule has 7 heteroatoms. The molecule has 1 atom stereocenters. The minimum absolute atomic E-state index is 0.343. The Labute approximate surface area is 166 Å². The molecule has 0 spiro atoms. The van der Waals surface area contributed by atoms with E-state index in [1.165, 1.54) is 19.2 Å². The number of nitrogens with zero attached hydrogens (tertiary/aromatic N) is 1. The lowest BCUT2D eigenvalue weighted by Crippen LogP contribution is -2.13. The average Bonchev–Trinajstić information content (AvgIpc) is 3.10. The zero-order valence-corrected chi connectivity index (χ0v) is 15.6. The first-order chi connectivity index (χ1) is 14.1. The van der Waals surface area contributed by atoms with Crippen LogP contribution < -0.4 is 10.6 Å². The number of benzene rings is 3. The molecule has 3 aromatic carbocycles. The van der Waals surface area contributed by atoms with Gasteiger partial charge < -0.3 is 15.4 Å². The Kier molecular flexibility index (Phi) is 4.78. The topological polar surface area (TPSA) is 87.5 Å².